The molecular weight excluding hydrogens is 258 g/mol. The van der Waals surface area contributed by atoms with Crippen molar-refractivity contribution in [3.05, 3.63) is 35.9 Å². The number of ether oxygens (including phenoxy) is 2. The van der Waals surface area contributed by atoms with E-state index in [4.69, 9.17) is 9.47 Å². The molecule has 1 atom stereocenters. The Morgan fingerprint density at radius 1 is 1.25 bits per heavy atom. The lowest BCUT2D eigenvalue weighted by molar-refractivity contribution is -0.147. The van der Waals surface area contributed by atoms with Crippen LogP contribution >= 0.6 is 0 Å². The minimum atomic E-state index is -0.373. The smallest absolute Gasteiger partial charge is 0.409 e. The summed E-state index contributed by atoms with van der Waals surface area (Å²) in [7, 11) is 1.66. The van der Waals surface area contributed by atoms with Gasteiger partial charge in [0.2, 0.25) is 0 Å². The maximum atomic E-state index is 11.5. The SMILES string of the molecule is CCOC(=O)N(C)CCC(OC(C)=O)c1ccccc1. The molecule has 0 aliphatic rings. The van der Waals surface area contributed by atoms with Gasteiger partial charge >= 0.3 is 12.1 Å². The number of benzene rings is 1. The quantitative estimate of drug-likeness (QED) is 0.751. The van der Waals surface area contributed by atoms with Gasteiger partial charge in [-0.15, -0.1) is 0 Å². The van der Waals surface area contributed by atoms with Crippen LogP contribution in [-0.2, 0) is 14.3 Å². The van der Waals surface area contributed by atoms with Crippen molar-refractivity contribution in [1.82, 2.24) is 4.90 Å². The van der Waals surface area contributed by atoms with Crippen LogP contribution in [0.25, 0.3) is 0 Å². The maximum Gasteiger partial charge on any atom is 0.409 e. The first-order chi connectivity index (χ1) is 9.54. The zero-order valence-corrected chi connectivity index (χ0v) is 12.2. The monoisotopic (exact) mass is 279 g/mol. The molecule has 0 saturated heterocycles. The molecule has 110 valence electrons. The summed E-state index contributed by atoms with van der Waals surface area (Å²) in [5.74, 6) is -0.336. The number of esters is 1. The highest BCUT2D eigenvalue weighted by atomic mass is 16.6. The Kier molecular flexibility index (Phi) is 6.56. The van der Waals surface area contributed by atoms with E-state index in [0.29, 0.717) is 19.6 Å². The zero-order valence-electron chi connectivity index (χ0n) is 12.2. The van der Waals surface area contributed by atoms with E-state index in [9.17, 15) is 9.59 Å². The van der Waals surface area contributed by atoms with Crippen molar-refractivity contribution in [3.63, 3.8) is 0 Å². The molecule has 0 aliphatic carbocycles. The van der Waals surface area contributed by atoms with Crippen molar-refractivity contribution in [3.8, 4) is 0 Å². The van der Waals surface area contributed by atoms with E-state index in [1.165, 1.54) is 11.8 Å². The van der Waals surface area contributed by atoms with E-state index >= 15 is 0 Å². The second-order valence-electron chi connectivity index (χ2n) is 4.42. The third-order valence-corrected chi connectivity index (χ3v) is 2.79. The molecule has 0 aromatic heterocycles. The number of nitrogens with zero attached hydrogens (tertiary/aromatic N) is 1. The summed E-state index contributed by atoms with van der Waals surface area (Å²) in [5, 5.41) is 0. The lowest BCUT2D eigenvalue weighted by Crippen LogP contribution is -2.29. The third kappa shape index (κ3) is 5.30. The van der Waals surface area contributed by atoms with Crippen LogP contribution in [0, 0.1) is 0 Å². The number of hydrogen-bond donors (Lipinski definition) is 0. The van der Waals surface area contributed by atoms with Crippen LogP contribution < -0.4 is 0 Å². The lowest BCUT2D eigenvalue weighted by Gasteiger charge is -2.21. The van der Waals surface area contributed by atoms with Crippen molar-refractivity contribution in [2.24, 2.45) is 0 Å². The molecule has 0 heterocycles. The Labute approximate surface area is 119 Å². The minimum Gasteiger partial charge on any atom is -0.458 e. The number of carbonyl (C=O) groups is 2. The molecule has 20 heavy (non-hydrogen) atoms. The molecule has 5 heteroatoms. The van der Waals surface area contributed by atoms with Gasteiger partial charge < -0.3 is 14.4 Å². The molecule has 1 unspecified atom stereocenters. The molecule has 0 N–H and O–H groups in total. The summed E-state index contributed by atoms with van der Waals surface area (Å²) < 4.78 is 10.2. The predicted octanol–water partition coefficient (Wildman–Crippen LogP) is 2.77. The highest BCUT2D eigenvalue weighted by Crippen LogP contribution is 2.21. The molecule has 1 aromatic rings. The largest absolute Gasteiger partial charge is 0.458 e. The van der Waals surface area contributed by atoms with Crippen molar-refractivity contribution >= 4 is 12.1 Å². The van der Waals surface area contributed by atoms with Gasteiger partial charge in [0.15, 0.2) is 0 Å². The molecule has 1 amide bonds. The van der Waals surface area contributed by atoms with E-state index in [0.717, 1.165) is 5.56 Å². The standard InChI is InChI=1S/C15H21NO4/c1-4-19-15(18)16(3)11-10-14(20-12(2)17)13-8-6-5-7-9-13/h5-9,14H,4,10-11H2,1-3H3. The van der Waals surface area contributed by atoms with E-state index in [-0.39, 0.29) is 18.2 Å². The summed E-state index contributed by atoms with van der Waals surface area (Å²) in [4.78, 5) is 24.2. The van der Waals surface area contributed by atoms with Crippen LogP contribution in [0.3, 0.4) is 0 Å². The fourth-order valence-electron chi connectivity index (χ4n) is 1.80. The first kappa shape index (κ1) is 16.0. The summed E-state index contributed by atoms with van der Waals surface area (Å²) >= 11 is 0. The van der Waals surface area contributed by atoms with Crippen molar-refractivity contribution in [2.45, 2.75) is 26.4 Å². The first-order valence-corrected chi connectivity index (χ1v) is 6.64. The Morgan fingerprint density at radius 2 is 1.90 bits per heavy atom. The normalized spacial score (nSPS) is 11.6. The van der Waals surface area contributed by atoms with Crippen molar-refractivity contribution < 1.29 is 19.1 Å². The van der Waals surface area contributed by atoms with E-state index < -0.39 is 0 Å². The van der Waals surface area contributed by atoms with Crippen LogP contribution in [0.4, 0.5) is 4.79 Å². The fourth-order valence-corrected chi connectivity index (χ4v) is 1.80. The van der Waals surface area contributed by atoms with Gasteiger partial charge in [0.1, 0.15) is 6.10 Å². The van der Waals surface area contributed by atoms with Crippen molar-refractivity contribution in [1.29, 1.82) is 0 Å². The number of carbonyl (C=O) groups excluding carboxylic acids is 2. The molecule has 0 spiro atoms. The summed E-state index contributed by atoms with van der Waals surface area (Å²) in [6, 6.07) is 9.48. The van der Waals surface area contributed by atoms with Crippen LogP contribution in [0.15, 0.2) is 30.3 Å². The van der Waals surface area contributed by atoms with E-state index in [1.54, 1.807) is 14.0 Å². The van der Waals surface area contributed by atoms with E-state index in [2.05, 4.69) is 0 Å². The topological polar surface area (TPSA) is 55.8 Å². The van der Waals surface area contributed by atoms with Gasteiger partial charge in [-0.25, -0.2) is 4.79 Å². The fraction of sp³-hybridized carbons (Fsp3) is 0.467. The Morgan fingerprint density at radius 3 is 2.45 bits per heavy atom. The first-order valence-electron chi connectivity index (χ1n) is 6.64. The average Bonchev–Trinajstić information content (AvgIpc) is 2.44. The average molecular weight is 279 g/mol. The highest BCUT2D eigenvalue weighted by Gasteiger charge is 2.17. The Balaban J connectivity index is 2.62. The van der Waals surface area contributed by atoms with Gasteiger partial charge in [0.25, 0.3) is 0 Å². The molecule has 1 rings (SSSR count). The maximum absolute atomic E-state index is 11.5. The van der Waals surface area contributed by atoms with Crippen LogP contribution in [0.2, 0.25) is 0 Å². The molecule has 5 nitrogen and oxygen atoms in total. The van der Waals surface area contributed by atoms with Gasteiger partial charge in [-0.3, -0.25) is 4.79 Å². The van der Waals surface area contributed by atoms with Gasteiger partial charge in [-0.2, -0.15) is 0 Å². The molecule has 0 radical (unpaired) electrons. The second-order valence-corrected chi connectivity index (χ2v) is 4.42. The summed E-state index contributed by atoms with van der Waals surface area (Å²) in [6.45, 7) is 3.93. The van der Waals surface area contributed by atoms with Gasteiger partial charge in [0.05, 0.1) is 6.61 Å². The van der Waals surface area contributed by atoms with E-state index in [1.807, 2.05) is 30.3 Å². The summed E-state index contributed by atoms with van der Waals surface area (Å²) in [5.41, 5.74) is 0.917. The predicted molar refractivity (Wildman–Crippen MR) is 75.2 cm³/mol. The zero-order chi connectivity index (χ0) is 15.0. The van der Waals surface area contributed by atoms with Crippen molar-refractivity contribution in [2.75, 3.05) is 20.2 Å². The second kappa shape index (κ2) is 8.19. The lowest BCUT2D eigenvalue weighted by atomic mass is 10.1. The number of amides is 1. The van der Waals surface area contributed by atoms with Gasteiger partial charge in [-0.1, -0.05) is 30.3 Å². The highest BCUT2D eigenvalue weighted by molar-refractivity contribution is 5.67. The van der Waals surface area contributed by atoms with Crippen LogP contribution in [0.1, 0.15) is 31.9 Å². The van der Waals surface area contributed by atoms with Gasteiger partial charge in [-0.05, 0) is 12.5 Å². The molecular formula is C15H21NO4. The van der Waals surface area contributed by atoms with Crippen LogP contribution in [0.5, 0.6) is 0 Å². The Hall–Kier alpha value is -2.04. The molecule has 0 aliphatic heterocycles. The number of hydrogen-bond acceptors (Lipinski definition) is 4. The third-order valence-electron chi connectivity index (χ3n) is 2.79. The van der Waals surface area contributed by atoms with Gasteiger partial charge in [0, 0.05) is 26.9 Å². The number of rotatable bonds is 6. The molecule has 1 aromatic carbocycles. The van der Waals surface area contributed by atoms with Crippen LogP contribution in [-0.4, -0.2) is 37.2 Å². The molecule has 0 saturated carbocycles. The molecule has 0 fully saturated rings. The Bertz CT molecular complexity index is 433. The summed E-state index contributed by atoms with van der Waals surface area (Å²) in [6.07, 6.45) is -0.202. The minimum absolute atomic E-state index is 0.336. The molecule has 0 bridgehead atoms.